The fraction of sp³-hybridized carbons (Fsp3) is 0.0667. The van der Waals surface area contributed by atoms with Gasteiger partial charge in [0.05, 0.1) is 0 Å². The second-order valence-electron chi connectivity index (χ2n) is 4.04. The van der Waals surface area contributed by atoms with Crippen LogP contribution in [0.25, 0.3) is 0 Å². The van der Waals surface area contributed by atoms with Crippen LogP contribution < -0.4 is 0 Å². The summed E-state index contributed by atoms with van der Waals surface area (Å²) >= 11 is 3.31. The largest absolute Gasteiger partial charge is 0.278 e. The van der Waals surface area contributed by atoms with Crippen LogP contribution in [-0.2, 0) is 0 Å². The average molecular weight is 318 g/mol. The average Bonchev–Trinajstić information content (AvgIpc) is 2.46. The fourth-order valence-electron chi connectivity index (χ4n) is 1.65. The van der Waals surface area contributed by atoms with Crippen LogP contribution in [0, 0.1) is 0 Å². The minimum atomic E-state index is -0.318. The molecule has 0 aromatic heterocycles. The molecule has 0 N–H and O–H groups in total. The summed E-state index contributed by atoms with van der Waals surface area (Å²) in [6.45, 7) is 0. The van der Waals surface area contributed by atoms with Gasteiger partial charge in [-0.3, -0.25) is 14.5 Å². The van der Waals surface area contributed by atoms with Crippen LogP contribution in [-0.4, -0.2) is 23.8 Å². The molecule has 0 aliphatic heterocycles. The molecule has 0 fully saturated rings. The van der Waals surface area contributed by atoms with Gasteiger partial charge in [-0.25, -0.2) is 0 Å². The standard InChI is InChI=1S/C15H12BrNO2/c1-17(14(18)11-5-3-2-4-6-11)15(19)12-7-9-13(16)10-8-12/h2-10H,1H3. The second kappa shape index (κ2) is 5.80. The summed E-state index contributed by atoms with van der Waals surface area (Å²) in [7, 11) is 1.49. The Kier molecular flexibility index (Phi) is 4.12. The zero-order valence-corrected chi connectivity index (χ0v) is 11.9. The molecule has 0 radical (unpaired) electrons. The maximum Gasteiger partial charge on any atom is 0.260 e. The summed E-state index contributed by atoms with van der Waals surface area (Å²) < 4.78 is 0.890. The van der Waals surface area contributed by atoms with Gasteiger partial charge in [0.2, 0.25) is 0 Å². The molecule has 2 aromatic carbocycles. The van der Waals surface area contributed by atoms with Crippen molar-refractivity contribution in [2.24, 2.45) is 0 Å². The lowest BCUT2D eigenvalue weighted by Gasteiger charge is -2.15. The van der Waals surface area contributed by atoms with Crippen molar-refractivity contribution in [2.45, 2.75) is 0 Å². The fourth-order valence-corrected chi connectivity index (χ4v) is 1.92. The van der Waals surface area contributed by atoms with Gasteiger partial charge in [0.1, 0.15) is 0 Å². The van der Waals surface area contributed by atoms with E-state index in [2.05, 4.69) is 15.9 Å². The number of rotatable bonds is 2. The smallest absolute Gasteiger partial charge is 0.260 e. The summed E-state index contributed by atoms with van der Waals surface area (Å²) in [5.74, 6) is -0.630. The van der Waals surface area contributed by atoms with Crippen molar-refractivity contribution in [3.05, 3.63) is 70.2 Å². The number of nitrogens with zero attached hydrogens (tertiary/aromatic N) is 1. The quantitative estimate of drug-likeness (QED) is 0.796. The lowest BCUT2D eigenvalue weighted by Crippen LogP contribution is -2.33. The summed E-state index contributed by atoms with van der Waals surface area (Å²) in [6.07, 6.45) is 0. The van der Waals surface area contributed by atoms with E-state index in [4.69, 9.17) is 0 Å². The van der Waals surface area contributed by atoms with Crippen molar-refractivity contribution in [3.8, 4) is 0 Å². The molecule has 0 atom stereocenters. The molecule has 2 rings (SSSR count). The first-order chi connectivity index (χ1) is 9.09. The van der Waals surface area contributed by atoms with Gasteiger partial charge in [-0.15, -0.1) is 0 Å². The van der Waals surface area contributed by atoms with E-state index in [1.165, 1.54) is 7.05 Å². The Hall–Kier alpha value is -1.94. The first-order valence-corrected chi connectivity index (χ1v) is 6.52. The Morgan fingerprint density at radius 2 is 1.32 bits per heavy atom. The molecule has 0 saturated heterocycles. The highest BCUT2D eigenvalue weighted by atomic mass is 79.9. The lowest BCUT2D eigenvalue weighted by molar-refractivity contribution is 0.0656. The number of carbonyl (C=O) groups is 2. The van der Waals surface area contributed by atoms with Crippen LogP contribution in [0.2, 0.25) is 0 Å². The Morgan fingerprint density at radius 1 is 0.842 bits per heavy atom. The Labute approximate surface area is 120 Å². The molecule has 0 saturated carbocycles. The van der Waals surface area contributed by atoms with E-state index in [-0.39, 0.29) is 11.8 Å². The normalized spacial score (nSPS) is 10.0. The van der Waals surface area contributed by atoms with Gasteiger partial charge < -0.3 is 0 Å². The predicted octanol–water partition coefficient (Wildman–Crippen LogP) is 3.36. The number of benzene rings is 2. The molecule has 4 heteroatoms. The lowest BCUT2D eigenvalue weighted by atomic mass is 10.1. The van der Waals surface area contributed by atoms with Crippen molar-refractivity contribution < 1.29 is 9.59 Å². The number of carbonyl (C=O) groups excluding carboxylic acids is 2. The number of halogens is 1. The third kappa shape index (κ3) is 3.09. The maximum absolute atomic E-state index is 12.2. The Morgan fingerprint density at radius 3 is 1.84 bits per heavy atom. The molecule has 2 amide bonds. The van der Waals surface area contributed by atoms with E-state index in [1.54, 1.807) is 48.5 Å². The molecular weight excluding hydrogens is 306 g/mol. The molecule has 0 unspecified atom stereocenters. The van der Waals surface area contributed by atoms with Crippen LogP contribution in [0.4, 0.5) is 0 Å². The van der Waals surface area contributed by atoms with Gasteiger partial charge in [-0.1, -0.05) is 34.1 Å². The maximum atomic E-state index is 12.2. The predicted molar refractivity (Wildman–Crippen MR) is 77.0 cm³/mol. The topological polar surface area (TPSA) is 37.4 Å². The molecule has 0 spiro atoms. The van der Waals surface area contributed by atoms with Gasteiger partial charge in [0.15, 0.2) is 0 Å². The van der Waals surface area contributed by atoms with Gasteiger partial charge >= 0.3 is 0 Å². The molecule has 2 aromatic rings. The van der Waals surface area contributed by atoms with Crippen molar-refractivity contribution >= 4 is 27.7 Å². The van der Waals surface area contributed by atoms with Crippen molar-refractivity contribution in [1.82, 2.24) is 4.90 Å². The zero-order valence-electron chi connectivity index (χ0n) is 10.3. The summed E-state index contributed by atoms with van der Waals surface area (Å²) in [5.41, 5.74) is 0.977. The molecule has 0 aliphatic rings. The van der Waals surface area contributed by atoms with Crippen LogP contribution in [0.1, 0.15) is 20.7 Å². The van der Waals surface area contributed by atoms with Gasteiger partial charge in [0.25, 0.3) is 11.8 Å². The molecule has 3 nitrogen and oxygen atoms in total. The molecule has 19 heavy (non-hydrogen) atoms. The number of hydrogen-bond acceptors (Lipinski definition) is 2. The van der Waals surface area contributed by atoms with Gasteiger partial charge in [0, 0.05) is 22.6 Å². The van der Waals surface area contributed by atoms with Crippen molar-refractivity contribution in [2.75, 3.05) is 7.05 Å². The van der Waals surface area contributed by atoms with Gasteiger partial charge in [-0.2, -0.15) is 0 Å². The van der Waals surface area contributed by atoms with E-state index >= 15 is 0 Å². The Balaban J connectivity index is 2.20. The van der Waals surface area contributed by atoms with Gasteiger partial charge in [-0.05, 0) is 36.4 Å². The highest BCUT2D eigenvalue weighted by Gasteiger charge is 2.19. The van der Waals surface area contributed by atoms with E-state index in [0.29, 0.717) is 11.1 Å². The van der Waals surface area contributed by atoms with Crippen LogP contribution in [0.15, 0.2) is 59.1 Å². The summed E-state index contributed by atoms with van der Waals surface area (Å²) in [6, 6.07) is 15.6. The second-order valence-corrected chi connectivity index (χ2v) is 4.96. The van der Waals surface area contributed by atoms with Crippen molar-refractivity contribution in [3.63, 3.8) is 0 Å². The molecular formula is C15H12BrNO2. The molecule has 0 aliphatic carbocycles. The third-order valence-electron chi connectivity index (χ3n) is 2.72. The SMILES string of the molecule is CN(C(=O)c1ccccc1)C(=O)c1ccc(Br)cc1. The first kappa shape index (κ1) is 13.5. The molecule has 0 bridgehead atoms. The third-order valence-corrected chi connectivity index (χ3v) is 3.25. The van der Waals surface area contributed by atoms with E-state index < -0.39 is 0 Å². The zero-order chi connectivity index (χ0) is 13.8. The minimum absolute atomic E-state index is 0.312. The highest BCUT2D eigenvalue weighted by molar-refractivity contribution is 9.10. The molecule has 0 heterocycles. The van der Waals surface area contributed by atoms with E-state index in [1.807, 2.05) is 6.07 Å². The van der Waals surface area contributed by atoms with Crippen molar-refractivity contribution in [1.29, 1.82) is 0 Å². The van der Waals surface area contributed by atoms with Crippen LogP contribution in [0.3, 0.4) is 0 Å². The van der Waals surface area contributed by atoms with Crippen LogP contribution >= 0.6 is 15.9 Å². The number of amides is 2. The summed E-state index contributed by atoms with van der Waals surface area (Å²) in [5, 5.41) is 0. The Bertz CT molecular complexity index is 593. The highest BCUT2D eigenvalue weighted by Crippen LogP contribution is 2.13. The first-order valence-electron chi connectivity index (χ1n) is 5.72. The summed E-state index contributed by atoms with van der Waals surface area (Å²) in [4.78, 5) is 25.4. The number of hydrogen-bond donors (Lipinski definition) is 0. The number of imide groups is 1. The molecule has 96 valence electrons. The monoisotopic (exact) mass is 317 g/mol. The van der Waals surface area contributed by atoms with E-state index in [9.17, 15) is 9.59 Å². The van der Waals surface area contributed by atoms with Crippen LogP contribution in [0.5, 0.6) is 0 Å². The van der Waals surface area contributed by atoms with E-state index in [0.717, 1.165) is 9.37 Å². The minimum Gasteiger partial charge on any atom is -0.278 e.